The van der Waals surface area contributed by atoms with E-state index in [2.05, 4.69) is 20.9 Å². The summed E-state index contributed by atoms with van der Waals surface area (Å²) in [5, 5.41) is 9.55. The lowest BCUT2D eigenvalue weighted by Gasteiger charge is -2.02. The van der Waals surface area contributed by atoms with E-state index in [4.69, 9.17) is 5.73 Å². The van der Waals surface area contributed by atoms with Crippen LogP contribution in [-0.4, -0.2) is 21.2 Å². The van der Waals surface area contributed by atoms with E-state index in [0.29, 0.717) is 23.3 Å². The predicted molar refractivity (Wildman–Crippen MR) is 58.2 cm³/mol. The molecule has 2 rings (SSSR count). The van der Waals surface area contributed by atoms with E-state index < -0.39 is 0 Å². The van der Waals surface area contributed by atoms with Crippen molar-refractivity contribution in [2.75, 3.05) is 6.54 Å². The number of imidazole rings is 1. The van der Waals surface area contributed by atoms with E-state index >= 15 is 0 Å². The number of fused-ring (bicyclic) bond motifs is 1. The van der Waals surface area contributed by atoms with Crippen LogP contribution < -0.4 is 5.73 Å². The van der Waals surface area contributed by atoms with E-state index in [0.717, 1.165) is 5.52 Å². The van der Waals surface area contributed by atoms with Crippen molar-refractivity contribution < 1.29 is 5.11 Å². The third-order valence-corrected chi connectivity index (χ3v) is 2.67. The molecule has 74 valence electrons. The molecule has 0 amide bonds. The summed E-state index contributed by atoms with van der Waals surface area (Å²) in [6, 6.07) is 5.32. The fraction of sp³-hybridized carbons (Fsp3) is 0.222. The van der Waals surface area contributed by atoms with Crippen molar-refractivity contribution in [2.24, 2.45) is 5.73 Å². The number of nitrogens with zero attached hydrogens (tertiary/aromatic N) is 2. The molecule has 0 spiro atoms. The number of halogens is 1. The molecule has 0 aliphatic rings. The van der Waals surface area contributed by atoms with Crippen LogP contribution >= 0.6 is 15.9 Å². The normalized spacial score (nSPS) is 11.0. The number of nitrogens with two attached hydrogens (primary N) is 1. The second kappa shape index (κ2) is 3.59. The SMILES string of the molecule is NCCn1c(Br)nc2c(O)cccc21. The molecule has 0 aliphatic carbocycles. The number of aromatic nitrogens is 2. The lowest BCUT2D eigenvalue weighted by Crippen LogP contribution is -2.09. The molecule has 1 aromatic carbocycles. The van der Waals surface area contributed by atoms with Crippen molar-refractivity contribution in [3.63, 3.8) is 0 Å². The second-order valence-electron chi connectivity index (χ2n) is 2.97. The highest BCUT2D eigenvalue weighted by Gasteiger charge is 2.09. The zero-order chi connectivity index (χ0) is 10.1. The number of para-hydroxylation sites is 1. The number of rotatable bonds is 2. The lowest BCUT2D eigenvalue weighted by molar-refractivity contribution is 0.480. The highest BCUT2D eigenvalue weighted by atomic mass is 79.9. The third kappa shape index (κ3) is 1.38. The minimum absolute atomic E-state index is 0.193. The highest BCUT2D eigenvalue weighted by Crippen LogP contribution is 2.26. The van der Waals surface area contributed by atoms with Crippen LogP contribution in [0.2, 0.25) is 0 Å². The average molecular weight is 256 g/mol. The van der Waals surface area contributed by atoms with Gasteiger partial charge in [0.25, 0.3) is 0 Å². The van der Waals surface area contributed by atoms with Crippen molar-refractivity contribution in [3.05, 3.63) is 22.9 Å². The molecular formula is C9H10BrN3O. The zero-order valence-electron chi connectivity index (χ0n) is 7.44. The molecule has 3 N–H and O–H groups in total. The Morgan fingerprint density at radius 3 is 3.00 bits per heavy atom. The number of benzene rings is 1. The Morgan fingerprint density at radius 1 is 1.50 bits per heavy atom. The van der Waals surface area contributed by atoms with E-state index in [1.165, 1.54) is 0 Å². The van der Waals surface area contributed by atoms with Gasteiger partial charge in [0.2, 0.25) is 0 Å². The first-order valence-electron chi connectivity index (χ1n) is 4.28. The first kappa shape index (κ1) is 9.48. The number of phenols is 1. The van der Waals surface area contributed by atoms with Crippen LogP contribution in [0.1, 0.15) is 0 Å². The maximum atomic E-state index is 9.55. The Hall–Kier alpha value is -1.07. The van der Waals surface area contributed by atoms with Gasteiger partial charge in [0, 0.05) is 13.1 Å². The number of hydrogen-bond donors (Lipinski definition) is 2. The summed E-state index contributed by atoms with van der Waals surface area (Å²) in [6.45, 7) is 1.22. The van der Waals surface area contributed by atoms with Crippen LogP contribution in [0.5, 0.6) is 5.75 Å². The predicted octanol–water partition coefficient (Wildman–Crippen LogP) is 1.46. The van der Waals surface area contributed by atoms with Gasteiger partial charge in [0.15, 0.2) is 4.73 Å². The molecule has 0 bridgehead atoms. The molecular weight excluding hydrogens is 246 g/mol. The van der Waals surface area contributed by atoms with Gasteiger partial charge in [-0.2, -0.15) is 0 Å². The Balaban J connectivity index is 2.70. The topological polar surface area (TPSA) is 64.1 Å². The standard InChI is InChI=1S/C9H10BrN3O/c10-9-12-8-6(13(9)5-4-11)2-1-3-7(8)14/h1-3,14H,4-5,11H2. The monoisotopic (exact) mass is 255 g/mol. The highest BCUT2D eigenvalue weighted by molar-refractivity contribution is 9.10. The Kier molecular flexibility index (Phi) is 2.43. The molecule has 0 fully saturated rings. The van der Waals surface area contributed by atoms with Gasteiger partial charge in [-0.1, -0.05) is 6.07 Å². The Morgan fingerprint density at radius 2 is 2.29 bits per heavy atom. The van der Waals surface area contributed by atoms with Gasteiger partial charge in [0.05, 0.1) is 5.52 Å². The molecule has 1 heterocycles. The van der Waals surface area contributed by atoms with E-state index in [-0.39, 0.29) is 5.75 Å². The van der Waals surface area contributed by atoms with Gasteiger partial charge < -0.3 is 15.4 Å². The summed E-state index contributed by atoms with van der Waals surface area (Å²) in [5.74, 6) is 0.193. The largest absolute Gasteiger partial charge is 0.506 e. The van der Waals surface area contributed by atoms with Crippen molar-refractivity contribution in [1.82, 2.24) is 9.55 Å². The van der Waals surface area contributed by atoms with Crippen LogP contribution in [0.3, 0.4) is 0 Å². The van der Waals surface area contributed by atoms with E-state index in [1.807, 2.05) is 10.6 Å². The summed E-state index contributed by atoms with van der Waals surface area (Å²) in [4.78, 5) is 4.21. The molecule has 1 aromatic heterocycles. The van der Waals surface area contributed by atoms with Crippen molar-refractivity contribution in [3.8, 4) is 5.75 Å². The fourth-order valence-corrected chi connectivity index (χ4v) is 1.99. The minimum Gasteiger partial charge on any atom is -0.506 e. The molecule has 0 radical (unpaired) electrons. The molecule has 0 atom stereocenters. The number of hydrogen-bond acceptors (Lipinski definition) is 3. The Labute approximate surface area is 89.5 Å². The van der Waals surface area contributed by atoms with Crippen LogP contribution in [-0.2, 0) is 6.54 Å². The summed E-state index contributed by atoms with van der Waals surface area (Å²) < 4.78 is 2.62. The third-order valence-electron chi connectivity index (χ3n) is 2.06. The van der Waals surface area contributed by atoms with Gasteiger partial charge >= 0.3 is 0 Å². The first-order chi connectivity index (χ1) is 6.74. The average Bonchev–Trinajstić information content (AvgIpc) is 2.47. The second-order valence-corrected chi connectivity index (χ2v) is 3.68. The van der Waals surface area contributed by atoms with Gasteiger partial charge in [-0.25, -0.2) is 4.98 Å². The van der Waals surface area contributed by atoms with Crippen LogP contribution in [0, 0.1) is 0 Å². The summed E-state index contributed by atoms with van der Waals surface area (Å²) in [5.41, 5.74) is 6.98. The summed E-state index contributed by atoms with van der Waals surface area (Å²) >= 11 is 3.33. The quantitative estimate of drug-likeness (QED) is 0.855. The van der Waals surface area contributed by atoms with Gasteiger partial charge in [-0.05, 0) is 28.1 Å². The van der Waals surface area contributed by atoms with Gasteiger partial charge in [-0.3, -0.25) is 0 Å². The lowest BCUT2D eigenvalue weighted by atomic mass is 10.3. The molecule has 4 nitrogen and oxygen atoms in total. The molecule has 2 aromatic rings. The van der Waals surface area contributed by atoms with Crippen LogP contribution in [0.4, 0.5) is 0 Å². The molecule has 0 saturated carbocycles. The van der Waals surface area contributed by atoms with Crippen LogP contribution in [0.15, 0.2) is 22.9 Å². The maximum Gasteiger partial charge on any atom is 0.178 e. The molecule has 0 aliphatic heterocycles. The molecule has 14 heavy (non-hydrogen) atoms. The fourth-order valence-electron chi connectivity index (χ4n) is 1.45. The van der Waals surface area contributed by atoms with E-state index in [9.17, 15) is 5.11 Å². The smallest absolute Gasteiger partial charge is 0.178 e. The minimum atomic E-state index is 0.193. The molecule has 5 heteroatoms. The summed E-state index contributed by atoms with van der Waals surface area (Å²) in [6.07, 6.45) is 0. The van der Waals surface area contributed by atoms with Crippen molar-refractivity contribution in [1.29, 1.82) is 0 Å². The molecule has 0 unspecified atom stereocenters. The Bertz CT molecular complexity index is 466. The zero-order valence-corrected chi connectivity index (χ0v) is 9.03. The van der Waals surface area contributed by atoms with Gasteiger partial charge in [-0.15, -0.1) is 0 Å². The number of aromatic hydroxyl groups is 1. The maximum absolute atomic E-state index is 9.55. The van der Waals surface area contributed by atoms with Crippen LogP contribution in [0.25, 0.3) is 11.0 Å². The van der Waals surface area contributed by atoms with Crippen molar-refractivity contribution in [2.45, 2.75) is 6.54 Å². The summed E-state index contributed by atoms with van der Waals surface area (Å²) in [7, 11) is 0. The van der Waals surface area contributed by atoms with Crippen molar-refractivity contribution >= 4 is 27.0 Å². The van der Waals surface area contributed by atoms with Gasteiger partial charge in [0.1, 0.15) is 11.3 Å². The number of phenolic OH excluding ortho intramolecular Hbond substituents is 1. The first-order valence-corrected chi connectivity index (χ1v) is 5.07. The van der Waals surface area contributed by atoms with E-state index in [1.54, 1.807) is 12.1 Å². The molecule has 0 saturated heterocycles.